The molecule has 0 spiro atoms. The summed E-state index contributed by atoms with van der Waals surface area (Å²) in [5, 5.41) is 3.51. The first-order valence-corrected chi connectivity index (χ1v) is 10.3. The van der Waals surface area contributed by atoms with Crippen molar-refractivity contribution in [1.82, 2.24) is 4.90 Å². The van der Waals surface area contributed by atoms with Crippen molar-refractivity contribution in [2.75, 3.05) is 29.9 Å². The van der Waals surface area contributed by atoms with Gasteiger partial charge in [0.05, 0.1) is 12.2 Å². The lowest BCUT2D eigenvalue weighted by molar-refractivity contribution is -0.121. The highest BCUT2D eigenvalue weighted by Crippen LogP contribution is 2.34. The molecule has 1 fully saturated rings. The number of rotatable bonds is 2. The van der Waals surface area contributed by atoms with Crippen molar-refractivity contribution in [3.8, 4) is 5.75 Å². The number of hydrogen-bond donors (Lipinski definition) is 1. The number of carbonyl (C=O) groups is 2. The SMILES string of the molecule is C[C@@H]1CN(C(=O)N2CCC(C(=O)Nc3cccc(Cl)c3)CC2)c2ccccc2O1. The van der Waals surface area contributed by atoms with Gasteiger partial charge in [0.1, 0.15) is 11.9 Å². The number of fused-ring (bicyclic) bond motifs is 1. The van der Waals surface area contributed by atoms with Crippen LogP contribution in [0.15, 0.2) is 48.5 Å². The predicted octanol–water partition coefficient (Wildman–Crippen LogP) is 4.40. The molecule has 0 radical (unpaired) electrons. The number of nitrogens with zero attached hydrogens (tertiary/aromatic N) is 2. The van der Waals surface area contributed by atoms with Gasteiger partial charge >= 0.3 is 6.03 Å². The molecule has 2 aliphatic heterocycles. The summed E-state index contributed by atoms with van der Waals surface area (Å²) in [6.45, 7) is 3.59. The minimum Gasteiger partial charge on any atom is -0.487 e. The number of amides is 3. The monoisotopic (exact) mass is 413 g/mol. The first kappa shape index (κ1) is 19.6. The molecule has 7 heteroatoms. The molecule has 0 aromatic heterocycles. The van der Waals surface area contributed by atoms with Crippen molar-refractivity contribution in [2.45, 2.75) is 25.9 Å². The Morgan fingerprint density at radius 1 is 1.10 bits per heavy atom. The summed E-state index contributed by atoms with van der Waals surface area (Å²) in [4.78, 5) is 29.3. The number of hydrogen-bond acceptors (Lipinski definition) is 3. The average molecular weight is 414 g/mol. The van der Waals surface area contributed by atoms with Gasteiger partial charge in [0.25, 0.3) is 0 Å². The number of para-hydroxylation sites is 2. The lowest BCUT2D eigenvalue weighted by Crippen LogP contribution is -2.51. The summed E-state index contributed by atoms with van der Waals surface area (Å²) < 4.78 is 5.84. The molecule has 1 saturated heterocycles. The van der Waals surface area contributed by atoms with Crippen LogP contribution in [0.2, 0.25) is 5.02 Å². The van der Waals surface area contributed by atoms with E-state index >= 15 is 0 Å². The van der Waals surface area contributed by atoms with Gasteiger partial charge in [-0.1, -0.05) is 29.8 Å². The van der Waals surface area contributed by atoms with E-state index in [0.717, 1.165) is 11.4 Å². The van der Waals surface area contributed by atoms with Crippen LogP contribution >= 0.6 is 11.6 Å². The Kier molecular flexibility index (Phi) is 5.62. The quantitative estimate of drug-likeness (QED) is 0.793. The van der Waals surface area contributed by atoms with Gasteiger partial charge in [-0.15, -0.1) is 0 Å². The standard InChI is InChI=1S/C22H24ClN3O3/c1-15-14-26(19-7-2-3-8-20(19)29-15)22(28)25-11-9-16(10-12-25)21(27)24-18-6-4-5-17(23)13-18/h2-8,13,15-16H,9-12,14H2,1H3,(H,24,27)/t15-/m1/s1. The lowest BCUT2D eigenvalue weighted by Gasteiger charge is -2.39. The molecule has 4 rings (SSSR count). The lowest BCUT2D eigenvalue weighted by atomic mass is 9.96. The molecule has 1 atom stereocenters. The summed E-state index contributed by atoms with van der Waals surface area (Å²) in [5.74, 6) is 0.592. The number of anilines is 2. The summed E-state index contributed by atoms with van der Waals surface area (Å²) in [7, 11) is 0. The zero-order valence-electron chi connectivity index (χ0n) is 16.3. The summed E-state index contributed by atoms with van der Waals surface area (Å²) in [6.07, 6.45) is 1.22. The molecule has 2 heterocycles. The first-order chi connectivity index (χ1) is 14.0. The third-order valence-corrected chi connectivity index (χ3v) is 5.62. The van der Waals surface area contributed by atoms with Crippen molar-refractivity contribution in [2.24, 2.45) is 5.92 Å². The molecular formula is C22H24ClN3O3. The van der Waals surface area contributed by atoms with Crippen LogP contribution in [-0.4, -0.2) is 42.6 Å². The molecule has 6 nitrogen and oxygen atoms in total. The molecule has 2 aromatic carbocycles. The van der Waals surface area contributed by atoms with Crippen molar-refractivity contribution < 1.29 is 14.3 Å². The van der Waals surface area contributed by atoms with Gasteiger partial charge < -0.3 is 15.0 Å². The van der Waals surface area contributed by atoms with E-state index in [2.05, 4.69) is 5.32 Å². The van der Waals surface area contributed by atoms with Gasteiger partial charge in [0.15, 0.2) is 0 Å². The van der Waals surface area contributed by atoms with Crippen LogP contribution in [0.5, 0.6) is 5.75 Å². The molecule has 1 N–H and O–H groups in total. The summed E-state index contributed by atoms with van der Waals surface area (Å²) in [6, 6.07) is 14.7. The second kappa shape index (κ2) is 8.33. The van der Waals surface area contributed by atoms with Crippen LogP contribution in [0.4, 0.5) is 16.2 Å². The molecule has 29 heavy (non-hydrogen) atoms. The largest absolute Gasteiger partial charge is 0.487 e. The maximum Gasteiger partial charge on any atom is 0.324 e. The minimum absolute atomic E-state index is 0.0234. The van der Waals surface area contributed by atoms with Crippen LogP contribution in [0, 0.1) is 5.92 Å². The molecular weight excluding hydrogens is 390 g/mol. The second-order valence-electron chi connectivity index (χ2n) is 7.55. The first-order valence-electron chi connectivity index (χ1n) is 9.90. The van der Waals surface area contributed by atoms with Gasteiger partial charge in [0.2, 0.25) is 5.91 Å². The fourth-order valence-electron chi connectivity index (χ4n) is 3.88. The topological polar surface area (TPSA) is 61.9 Å². The Hall–Kier alpha value is -2.73. The maximum atomic E-state index is 13.1. The second-order valence-corrected chi connectivity index (χ2v) is 7.99. The molecule has 0 aliphatic carbocycles. The highest BCUT2D eigenvalue weighted by Gasteiger charge is 2.33. The molecule has 0 unspecified atom stereocenters. The van der Waals surface area contributed by atoms with Gasteiger partial charge in [-0.25, -0.2) is 4.79 Å². The van der Waals surface area contributed by atoms with Crippen LogP contribution < -0.4 is 15.0 Å². The third-order valence-electron chi connectivity index (χ3n) is 5.38. The number of piperidine rings is 1. The zero-order valence-corrected chi connectivity index (χ0v) is 17.1. The Labute approximate surface area is 175 Å². The number of ether oxygens (including phenoxy) is 1. The molecule has 0 saturated carbocycles. The van der Waals surface area contributed by atoms with Crippen molar-refractivity contribution in [1.29, 1.82) is 0 Å². The van der Waals surface area contributed by atoms with Crippen LogP contribution in [0.25, 0.3) is 0 Å². The number of likely N-dealkylation sites (tertiary alicyclic amines) is 1. The van der Waals surface area contributed by atoms with E-state index in [4.69, 9.17) is 16.3 Å². The van der Waals surface area contributed by atoms with E-state index in [1.807, 2.05) is 42.2 Å². The fourth-order valence-corrected chi connectivity index (χ4v) is 4.07. The molecule has 3 amide bonds. The Morgan fingerprint density at radius 3 is 2.62 bits per heavy atom. The fraction of sp³-hybridized carbons (Fsp3) is 0.364. The van der Waals surface area contributed by atoms with Gasteiger partial charge in [-0.3, -0.25) is 9.69 Å². The summed E-state index contributed by atoms with van der Waals surface area (Å²) >= 11 is 5.98. The van der Waals surface area contributed by atoms with Crippen LogP contribution in [0.1, 0.15) is 19.8 Å². The van der Waals surface area contributed by atoms with E-state index in [0.29, 0.717) is 43.2 Å². The van der Waals surface area contributed by atoms with Gasteiger partial charge in [0, 0.05) is 29.7 Å². The highest BCUT2D eigenvalue weighted by molar-refractivity contribution is 6.30. The Balaban J connectivity index is 1.37. The van der Waals surface area contributed by atoms with Crippen molar-refractivity contribution >= 4 is 34.9 Å². The van der Waals surface area contributed by atoms with Crippen LogP contribution in [0.3, 0.4) is 0 Å². The number of nitrogens with one attached hydrogen (secondary N) is 1. The van der Waals surface area contributed by atoms with E-state index in [-0.39, 0.29) is 24.0 Å². The van der Waals surface area contributed by atoms with Crippen molar-refractivity contribution in [3.63, 3.8) is 0 Å². The highest BCUT2D eigenvalue weighted by atomic mass is 35.5. The van der Waals surface area contributed by atoms with Crippen molar-refractivity contribution in [3.05, 3.63) is 53.6 Å². The predicted molar refractivity (Wildman–Crippen MR) is 114 cm³/mol. The summed E-state index contributed by atoms with van der Waals surface area (Å²) in [5.41, 5.74) is 1.50. The van der Waals surface area contributed by atoms with E-state index < -0.39 is 0 Å². The minimum atomic E-state index is -0.117. The van der Waals surface area contributed by atoms with Gasteiger partial charge in [-0.2, -0.15) is 0 Å². The number of urea groups is 1. The molecule has 2 aliphatic rings. The maximum absolute atomic E-state index is 13.1. The molecule has 2 aromatic rings. The smallest absolute Gasteiger partial charge is 0.324 e. The van der Waals surface area contributed by atoms with Gasteiger partial charge in [-0.05, 0) is 50.1 Å². The normalized spacial score (nSPS) is 19.3. The van der Waals surface area contributed by atoms with Crippen LogP contribution in [-0.2, 0) is 4.79 Å². The third kappa shape index (κ3) is 4.32. The number of halogens is 1. The molecule has 0 bridgehead atoms. The van der Waals surface area contributed by atoms with E-state index in [1.165, 1.54) is 0 Å². The number of carbonyl (C=O) groups excluding carboxylic acids is 2. The Bertz CT molecular complexity index is 912. The van der Waals surface area contributed by atoms with E-state index in [1.54, 1.807) is 23.1 Å². The molecule has 152 valence electrons. The number of benzene rings is 2. The Morgan fingerprint density at radius 2 is 1.86 bits per heavy atom. The zero-order chi connectivity index (χ0) is 20.4. The van der Waals surface area contributed by atoms with E-state index in [9.17, 15) is 9.59 Å². The average Bonchev–Trinajstić information content (AvgIpc) is 2.72.